The first kappa shape index (κ1) is 15.1. The number of fused-ring (bicyclic) bond motifs is 1. The molecule has 0 bridgehead atoms. The lowest BCUT2D eigenvalue weighted by Crippen LogP contribution is -2.24. The van der Waals surface area contributed by atoms with Crippen LogP contribution in [0.15, 0.2) is 53.6 Å². The number of aliphatic hydroxyl groups excluding tert-OH is 1. The van der Waals surface area contributed by atoms with Gasteiger partial charge in [-0.2, -0.15) is 0 Å². The SMILES string of the molecule is O=c1c2ccccc2nc(C=Cc2cccnc2)n1CCCO. The monoisotopic (exact) mass is 307 g/mol. The lowest BCUT2D eigenvalue weighted by Gasteiger charge is -2.10. The standard InChI is InChI=1S/C18H17N3O2/c22-12-4-11-21-17(9-8-14-5-3-10-19-13-14)20-16-7-2-1-6-15(16)18(21)23/h1-3,5-10,13,22H,4,11-12H2. The van der Waals surface area contributed by atoms with Crippen molar-refractivity contribution in [3.05, 3.63) is 70.5 Å². The zero-order chi connectivity index (χ0) is 16.1. The predicted molar refractivity (Wildman–Crippen MR) is 90.9 cm³/mol. The van der Waals surface area contributed by atoms with Crippen LogP contribution in [0.2, 0.25) is 0 Å². The maximum absolute atomic E-state index is 12.7. The number of hydrogen-bond acceptors (Lipinski definition) is 4. The molecule has 3 rings (SSSR count). The van der Waals surface area contributed by atoms with Crippen LogP contribution in [-0.4, -0.2) is 26.2 Å². The number of aliphatic hydroxyl groups is 1. The van der Waals surface area contributed by atoms with Crippen molar-refractivity contribution in [2.45, 2.75) is 13.0 Å². The first-order chi connectivity index (χ1) is 11.3. The fourth-order valence-corrected chi connectivity index (χ4v) is 2.40. The molecule has 0 aliphatic rings. The Kier molecular flexibility index (Phi) is 4.59. The van der Waals surface area contributed by atoms with E-state index in [9.17, 15) is 4.79 Å². The molecule has 1 aromatic carbocycles. The summed E-state index contributed by atoms with van der Waals surface area (Å²) in [6, 6.07) is 11.1. The molecule has 0 aliphatic heterocycles. The van der Waals surface area contributed by atoms with E-state index in [1.807, 2.05) is 42.5 Å². The van der Waals surface area contributed by atoms with Gasteiger partial charge in [-0.25, -0.2) is 4.98 Å². The van der Waals surface area contributed by atoms with Crippen molar-refractivity contribution in [2.24, 2.45) is 0 Å². The van der Waals surface area contributed by atoms with Crippen LogP contribution < -0.4 is 5.56 Å². The predicted octanol–water partition coefficient (Wildman–Crippen LogP) is 2.34. The Balaban J connectivity index is 2.10. The highest BCUT2D eigenvalue weighted by molar-refractivity contribution is 5.79. The fourth-order valence-electron chi connectivity index (χ4n) is 2.40. The topological polar surface area (TPSA) is 68.0 Å². The zero-order valence-electron chi connectivity index (χ0n) is 12.6. The van der Waals surface area contributed by atoms with Crippen molar-refractivity contribution in [3.63, 3.8) is 0 Å². The molecule has 23 heavy (non-hydrogen) atoms. The van der Waals surface area contributed by atoms with E-state index in [-0.39, 0.29) is 12.2 Å². The van der Waals surface area contributed by atoms with E-state index in [4.69, 9.17) is 5.11 Å². The number of benzene rings is 1. The highest BCUT2D eigenvalue weighted by Gasteiger charge is 2.08. The molecule has 5 heteroatoms. The molecule has 0 aliphatic carbocycles. The quantitative estimate of drug-likeness (QED) is 0.785. The Labute approximate surface area is 133 Å². The number of pyridine rings is 1. The molecule has 0 atom stereocenters. The van der Waals surface area contributed by atoms with Crippen LogP contribution in [0.5, 0.6) is 0 Å². The van der Waals surface area contributed by atoms with Gasteiger partial charge in [0.15, 0.2) is 0 Å². The van der Waals surface area contributed by atoms with E-state index in [0.717, 1.165) is 5.56 Å². The Morgan fingerprint density at radius 2 is 2.00 bits per heavy atom. The molecule has 0 saturated carbocycles. The molecule has 5 nitrogen and oxygen atoms in total. The van der Waals surface area contributed by atoms with Crippen molar-refractivity contribution in [3.8, 4) is 0 Å². The van der Waals surface area contributed by atoms with Crippen molar-refractivity contribution in [1.29, 1.82) is 0 Å². The Hall–Kier alpha value is -2.79. The summed E-state index contributed by atoms with van der Waals surface area (Å²) < 4.78 is 1.60. The van der Waals surface area contributed by atoms with E-state index in [1.54, 1.807) is 23.0 Å². The van der Waals surface area contributed by atoms with Gasteiger partial charge in [-0.15, -0.1) is 0 Å². The third kappa shape index (κ3) is 3.35. The summed E-state index contributed by atoms with van der Waals surface area (Å²) in [5, 5.41) is 9.66. The number of rotatable bonds is 5. The molecule has 0 spiro atoms. The molecule has 0 amide bonds. The van der Waals surface area contributed by atoms with Crippen LogP contribution in [0.25, 0.3) is 23.1 Å². The third-order valence-electron chi connectivity index (χ3n) is 3.54. The van der Waals surface area contributed by atoms with Gasteiger partial charge in [0.2, 0.25) is 0 Å². The van der Waals surface area contributed by atoms with E-state index < -0.39 is 0 Å². The molecule has 1 N–H and O–H groups in total. The first-order valence-electron chi connectivity index (χ1n) is 7.48. The van der Waals surface area contributed by atoms with E-state index in [2.05, 4.69) is 9.97 Å². The normalized spacial score (nSPS) is 11.3. The van der Waals surface area contributed by atoms with Crippen molar-refractivity contribution in [1.82, 2.24) is 14.5 Å². The van der Waals surface area contributed by atoms with Crippen molar-refractivity contribution in [2.75, 3.05) is 6.61 Å². The summed E-state index contributed by atoms with van der Waals surface area (Å²) in [6.07, 6.45) is 7.64. The Morgan fingerprint density at radius 1 is 1.13 bits per heavy atom. The maximum atomic E-state index is 12.7. The minimum atomic E-state index is -0.0881. The number of nitrogens with zero attached hydrogens (tertiary/aromatic N) is 3. The molecular weight excluding hydrogens is 290 g/mol. The lowest BCUT2D eigenvalue weighted by atomic mass is 10.2. The Morgan fingerprint density at radius 3 is 2.78 bits per heavy atom. The average molecular weight is 307 g/mol. The molecule has 2 aromatic heterocycles. The van der Waals surface area contributed by atoms with Crippen LogP contribution in [-0.2, 0) is 6.54 Å². The maximum Gasteiger partial charge on any atom is 0.261 e. The largest absolute Gasteiger partial charge is 0.396 e. The van der Waals surface area contributed by atoms with E-state index in [1.165, 1.54) is 0 Å². The second-order valence-corrected chi connectivity index (χ2v) is 5.14. The van der Waals surface area contributed by atoms with Crippen LogP contribution in [0.3, 0.4) is 0 Å². The van der Waals surface area contributed by atoms with Gasteiger partial charge in [0.05, 0.1) is 10.9 Å². The number of aromatic nitrogens is 3. The fraction of sp³-hybridized carbons (Fsp3) is 0.167. The van der Waals surface area contributed by atoms with Crippen molar-refractivity contribution >= 4 is 23.1 Å². The van der Waals surface area contributed by atoms with Crippen LogP contribution in [0.4, 0.5) is 0 Å². The van der Waals surface area contributed by atoms with Gasteiger partial charge in [-0.1, -0.05) is 18.2 Å². The summed E-state index contributed by atoms with van der Waals surface area (Å²) in [4.78, 5) is 21.3. The lowest BCUT2D eigenvalue weighted by molar-refractivity contribution is 0.278. The molecule has 0 unspecified atom stereocenters. The average Bonchev–Trinajstić information content (AvgIpc) is 2.60. The zero-order valence-corrected chi connectivity index (χ0v) is 12.6. The highest BCUT2D eigenvalue weighted by Crippen LogP contribution is 2.11. The molecule has 116 valence electrons. The van der Waals surface area contributed by atoms with E-state index >= 15 is 0 Å². The van der Waals surface area contributed by atoms with Gasteiger partial charge in [-0.05, 0) is 42.3 Å². The number of para-hydroxylation sites is 1. The van der Waals surface area contributed by atoms with Gasteiger partial charge in [0.1, 0.15) is 5.82 Å². The van der Waals surface area contributed by atoms with Gasteiger partial charge >= 0.3 is 0 Å². The minimum Gasteiger partial charge on any atom is -0.396 e. The smallest absolute Gasteiger partial charge is 0.261 e. The minimum absolute atomic E-state index is 0.0328. The second kappa shape index (κ2) is 6.98. The van der Waals surface area contributed by atoms with Gasteiger partial charge < -0.3 is 5.11 Å². The number of hydrogen-bond donors (Lipinski definition) is 1. The molecule has 3 aromatic rings. The summed E-state index contributed by atoms with van der Waals surface area (Å²) in [7, 11) is 0. The van der Waals surface area contributed by atoms with Gasteiger partial charge in [0, 0.05) is 25.5 Å². The summed E-state index contributed by atoms with van der Waals surface area (Å²) in [5.41, 5.74) is 1.52. The van der Waals surface area contributed by atoms with E-state index in [0.29, 0.717) is 29.7 Å². The second-order valence-electron chi connectivity index (χ2n) is 5.14. The molecule has 0 saturated heterocycles. The van der Waals surface area contributed by atoms with Gasteiger partial charge in [-0.3, -0.25) is 14.3 Å². The summed E-state index contributed by atoms with van der Waals surface area (Å²) >= 11 is 0. The molecule has 0 radical (unpaired) electrons. The van der Waals surface area contributed by atoms with Crippen LogP contribution >= 0.6 is 0 Å². The van der Waals surface area contributed by atoms with Crippen LogP contribution in [0.1, 0.15) is 17.8 Å². The Bertz CT molecular complexity index is 886. The molecular formula is C18H17N3O2. The summed E-state index contributed by atoms with van der Waals surface area (Å²) in [6.45, 7) is 0.463. The molecule has 0 fully saturated rings. The molecule has 2 heterocycles. The van der Waals surface area contributed by atoms with Gasteiger partial charge in [0.25, 0.3) is 5.56 Å². The first-order valence-corrected chi connectivity index (χ1v) is 7.48. The summed E-state index contributed by atoms with van der Waals surface area (Å²) in [5.74, 6) is 0.575. The highest BCUT2D eigenvalue weighted by atomic mass is 16.3. The third-order valence-corrected chi connectivity index (χ3v) is 3.54. The van der Waals surface area contributed by atoms with Crippen molar-refractivity contribution < 1.29 is 5.11 Å². The van der Waals surface area contributed by atoms with Crippen LogP contribution in [0, 0.1) is 0 Å².